The second-order valence-electron chi connectivity index (χ2n) is 7.26. The molecule has 1 unspecified atom stereocenters. The van der Waals surface area contributed by atoms with Gasteiger partial charge in [0.1, 0.15) is 5.82 Å². The zero-order chi connectivity index (χ0) is 20.4. The molecule has 4 nitrogen and oxygen atoms in total. The third-order valence-electron chi connectivity index (χ3n) is 5.05. The van der Waals surface area contributed by atoms with E-state index in [1.54, 1.807) is 28.4 Å². The molecule has 29 heavy (non-hydrogen) atoms. The van der Waals surface area contributed by atoms with Crippen LogP contribution in [0.4, 0.5) is 9.52 Å². The fraction of sp³-hybridized carbons (Fsp3) is 0.364. The summed E-state index contributed by atoms with van der Waals surface area (Å²) in [5.41, 5.74) is 3.24. The highest BCUT2D eigenvalue weighted by atomic mass is 32.2. The topological polar surface area (TPSA) is 42.4 Å². The molecule has 152 valence electrons. The number of nitrogens with zero attached hydrogens (tertiary/aromatic N) is 2. The fourth-order valence-corrected chi connectivity index (χ4v) is 5.31. The van der Waals surface area contributed by atoms with Gasteiger partial charge in [-0.2, -0.15) is 0 Å². The predicted octanol–water partition coefficient (Wildman–Crippen LogP) is 5.36. The van der Waals surface area contributed by atoms with Gasteiger partial charge in [-0.25, -0.2) is 9.37 Å². The summed E-state index contributed by atoms with van der Waals surface area (Å²) in [5, 5.41) is 0.720. The van der Waals surface area contributed by atoms with Crippen LogP contribution in [0.15, 0.2) is 41.3 Å². The molecule has 0 radical (unpaired) electrons. The van der Waals surface area contributed by atoms with Gasteiger partial charge in [0.05, 0.1) is 28.6 Å². The van der Waals surface area contributed by atoms with E-state index in [1.807, 2.05) is 6.92 Å². The number of carbonyl (C=O) groups excluding carboxylic acids is 1. The number of thioether (sulfide) groups is 1. The van der Waals surface area contributed by atoms with E-state index in [0.717, 1.165) is 45.3 Å². The Bertz CT molecular complexity index is 975. The lowest BCUT2D eigenvalue weighted by molar-refractivity contribution is -0.116. The van der Waals surface area contributed by atoms with E-state index in [1.165, 1.54) is 29.5 Å². The van der Waals surface area contributed by atoms with Crippen LogP contribution in [-0.2, 0) is 9.53 Å². The van der Waals surface area contributed by atoms with Gasteiger partial charge < -0.3 is 4.74 Å². The lowest BCUT2D eigenvalue weighted by Crippen LogP contribution is -2.38. The maximum atomic E-state index is 13.2. The second kappa shape index (κ2) is 8.81. The van der Waals surface area contributed by atoms with Gasteiger partial charge in [0.25, 0.3) is 0 Å². The van der Waals surface area contributed by atoms with Crippen molar-refractivity contribution in [3.8, 4) is 0 Å². The maximum absolute atomic E-state index is 13.2. The minimum absolute atomic E-state index is 0.0100. The highest BCUT2D eigenvalue weighted by Crippen LogP contribution is 2.34. The van der Waals surface area contributed by atoms with Crippen LogP contribution >= 0.6 is 23.1 Å². The summed E-state index contributed by atoms with van der Waals surface area (Å²) < 4.78 is 20.0. The van der Waals surface area contributed by atoms with E-state index < -0.39 is 0 Å². The highest BCUT2D eigenvalue weighted by molar-refractivity contribution is 8.00. The number of amides is 1. The third kappa shape index (κ3) is 4.63. The van der Waals surface area contributed by atoms with Crippen LogP contribution in [0, 0.1) is 19.7 Å². The predicted molar refractivity (Wildman–Crippen MR) is 118 cm³/mol. The number of ether oxygens (including phenoxy) is 1. The minimum Gasteiger partial charge on any atom is -0.376 e. The van der Waals surface area contributed by atoms with E-state index >= 15 is 0 Å². The summed E-state index contributed by atoms with van der Waals surface area (Å²) >= 11 is 2.97. The Morgan fingerprint density at radius 1 is 1.24 bits per heavy atom. The standard InChI is InChI=1S/C22H23FN2O2S2/c1-14-5-6-15(2)21-20(14)24-22(29-21)25(12-17-4-3-11-27-17)19(26)13-28-18-9-7-16(23)8-10-18/h5-10,17H,3-4,11-13H2,1-2H3. The number of carbonyl (C=O) groups is 1. The maximum Gasteiger partial charge on any atom is 0.239 e. The van der Waals surface area contributed by atoms with Gasteiger partial charge in [0.2, 0.25) is 5.91 Å². The van der Waals surface area contributed by atoms with Crippen LogP contribution in [0.2, 0.25) is 0 Å². The molecular weight excluding hydrogens is 407 g/mol. The summed E-state index contributed by atoms with van der Waals surface area (Å²) in [6.45, 7) is 5.37. The third-order valence-corrected chi connectivity index (χ3v) is 7.26. The van der Waals surface area contributed by atoms with Crippen molar-refractivity contribution in [2.24, 2.45) is 0 Å². The number of rotatable bonds is 6. The molecule has 1 fully saturated rings. The van der Waals surface area contributed by atoms with E-state index in [0.29, 0.717) is 6.54 Å². The number of hydrogen-bond acceptors (Lipinski definition) is 5. The van der Waals surface area contributed by atoms with Crippen molar-refractivity contribution >= 4 is 44.4 Å². The molecule has 2 heterocycles. The summed E-state index contributed by atoms with van der Waals surface area (Å²) in [6, 6.07) is 10.4. The SMILES string of the molecule is Cc1ccc(C)c2sc(N(CC3CCCO3)C(=O)CSc3ccc(F)cc3)nc12. The van der Waals surface area contributed by atoms with Crippen molar-refractivity contribution in [3.63, 3.8) is 0 Å². The molecule has 1 saturated heterocycles. The van der Waals surface area contributed by atoms with Crippen LogP contribution in [0.25, 0.3) is 10.2 Å². The van der Waals surface area contributed by atoms with Crippen molar-refractivity contribution < 1.29 is 13.9 Å². The Morgan fingerprint density at radius 2 is 2.00 bits per heavy atom. The highest BCUT2D eigenvalue weighted by Gasteiger charge is 2.26. The van der Waals surface area contributed by atoms with Crippen molar-refractivity contribution in [2.45, 2.75) is 37.7 Å². The van der Waals surface area contributed by atoms with E-state index in [2.05, 4.69) is 19.1 Å². The molecule has 4 rings (SSSR count). The first-order chi connectivity index (χ1) is 14.0. The molecule has 1 atom stereocenters. The summed E-state index contributed by atoms with van der Waals surface area (Å²) in [7, 11) is 0. The second-order valence-corrected chi connectivity index (χ2v) is 9.28. The molecule has 1 aliphatic heterocycles. The van der Waals surface area contributed by atoms with Crippen molar-refractivity contribution in [3.05, 3.63) is 53.3 Å². The number of hydrogen-bond donors (Lipinski definition) is 0. The molecule has 1 aliphatic rings. The van der Waals surface area contributed by atoms with Crippen LogP contribution in [-0.4, -0.2) is 35.9 Å². The normalized spacial score (nSPS) is 16.4. The Balaban J connectivity index is 1.58. The number of thiazole rings is 1. The van der Waals surface area contributed by atoms with Crippen LogP contribution in [0.3, 0.4) is 0 Å². The summed E-state index contributed by atoms with van der Waals surface area (Å²) in [4.78, 5) is 20.6. The molecule has 1 aromatic heterocycles. The van der Waals surface area contributed by atoms with Gasteiger partial charge in [0, 0.05) is 11.5 Å². The number of aryl methyl sites for hydroxylation is 2. The molecule has 7 heteroatoms. The molecule has 1 amide bonds. The molecule has 0 spiro atoms. The number of fused-ring (bicyclic) bond motifs is 1. The lowest BCUT2D eigenvalue weighted by Gasteiger charge is -2.23. The van der Waals surface area contributed by atoms with Crippen LogP contribution in [0.5, 0.6) is 0 Å². The van der Waals surface area contributed by atoms with Gasteiger partial charge in [0.15, 0.2) is 5.13 Å². The molecule has 0 saturated carbocycles. The van der Waals surface area contributed by atoms with Crippen LogP contribution in [0.1, 0.15) is 24.0 Å². The van der Waals surface area contributed by atoms with E-state index in [9.17, 15) is 9.18 Å². The Morgan fingerprint density at radius 3 is 2.69 bits per heavy atom. The van der Waals surface area contributed by atoms with Crippen molar-refractivity contribution in [2.75, 3.05) is 23.8 Å². The van der Waals surface area contributed by atoms with Gasteiger partial charge in [-0.15, -0.1) is 11.8 Å². The number of benzene rings is 2. The fourth-order valence-electron chi connectivity index (χ4n) is 3.40. The van der Waals surface area contributed by atoms with Crippen molar-refractivity contribution in [1.29, 1.82) is 0 Å². The molecule has 0 aliphatic carbocycles. The van der Waals surface area contributed by atoms with E-state index in [4.69, 9.17) is 9.72 Å². The molecule has 2 aromatic carbocycles. The molecule has 0 N–H and O–H groups in total. The molecular formula is C22H23FN2O2S2. The smallest absolute Gasteiger partial charge is 0.239 e. The van der Waals surface area contributed by atoms with E-state index in [-0.39, 0.29) is 23.6 Å². The largest absolute Gasteiger partial charge is 0.376 e. The van der Waals surface area contributed by atoms with Gasteiger partial charge >= 0.3 is 0 Å². The van der Waals surface area contributed by atoms with Gasteiger partial charge in [-0.1, -0.05) is 23.5 Å². The zero-order valence-electron chi connectivity index (χ0n) is 16.5. The number of anilines is 1. The van der Waals surface area contributed by atoms with Gasteiger partial charge in [-0.3, -0.25) is 9.69 Å². The first-order valence-electron chi connectivity index (χ1n) is 9.68. The minimum atomic E-state index is -0.277. The Labute approximate surface area is 178 Å². The zero-order valence-corrected chi connectivity index (χ0v) is 18.1. The number of halogens is 1. The molecule has 0 bridgehead atoms. The lowest BCUT2D eigenvalue weighted by atomic mass is 10.1. The Hall–Kier alpha value is -1.96. The molecule has 3 aromatic rings. The Kier molecular flexibility index (Phi) is 6.18. The average Bonchev–Trinajstić information content (AvgIpc) is 3.39. The van der Waals surface area contributed by atoms with Crippen molar-refractivity contribution in [1.82, 2.24) is 4.98 Å². The van der Waals surface area contributed by atoms with Crippen LogP contribution < -0.4 is 4.90 Å². The first-order valence-corrected chi connectivity index (χ1v) is 11.5. The summed E-state index contributed by atoms with van der Waals surface area (Å²) in [6.07, 6.45) is 2.02. The average molecular weight is 431 g/mol. The first kappa shape index (κ1) is 20.3. The monoisotopic (exact) mass is 430 g/mol. The van der Waals surface area contributed by atoms with Gasteiger partial charge in [-0.05, 0) is 62.1 Å². The quantitative estimate of drug-likeness (QED) is 0.494. The number of aromatic nitrogens is 1. The summed E-state index contributed by atoms with van der Waals surface area (Å²) in [5.74, 6) is -0.0169.